The van der Waals surface area contributed by atoms with E-state index < -0.39 is 0 Å². The lowest BCUT2D eigenvalue weighted by molar-refractivity contribution is -0.144. The zero-order chi connectivity index (χ0) is 12.3. The number of hydrogen-bond donors (Lipinski definition) is 0. The second kappa shape index (κ2) is 5.13. The highest BCUT2D eigenvalue weighted by molar-refractivity contribution is 5.73. The van der Waals surface area contributed by atoms with Crippen LogP contribution in [-0.4, -0.2) is 18.9 Å². The van der Waals surface area contributed by atoms with Gasteiger partial charge < -0.3 is 9.53 Å². The fourth-order valence-corrected chi connectivity index (χ4v) is 2.53. The Bertz CT molecular complexity index is 425. The highest BCUT2D eigenvalue weighted by Gasteiger charge is 2.33. The third kappa shape index (κ3) is 2.38. The molecule has 3 nitrogen and oxygen atoms in total. The molecule has 2 unspecified atom stereocenters. The molecule has 1 aliphatic rings. The molecule has 2 atom stereocenters. The third-order valence-corrected chi connectivity index (χ3v) is 3.28. The fourth-order valence-electron chi connectivity index (χ4n) is 2.53. The molecule has 0 saturated carbocycles. The molecule has 0 N–H and O–H groups in total. The van der Waals surface area contributed by atoms with E-state index in [4.69, 9.17) is 4.74 Å². The van der Waals surface area contributed by atoms with E-state index in [1.54, 1.807) is 6.92 Å². The minimum absolute atomic E-state index is 0.0592. The van der Waals surface area contributed by atoms with Crippen LogP contribution in [0, 0.1) is 5.92 Å². The number of aldehydes is 1. The average molecular weight is 232 g/mol. The van der Waals surface area contributed by atoms with Crippen molar-refractivity contribution in [3.8, 4) is 0 Å². The van der Waals surface area contributed by atoms with Gasteiger partial charge in [-0.25, -0.2) is 0 Å². The number of hydrogen-bond acceptors (Lipinski definition) is 3. The van der Waals surface area contributed by atoms with Crippen LogP contribution in [0.15, 0.2) is 24.3 Å². The van der Waals surface area contributed by atoms with Crippen molar-refractivity contribution in [1.29, 1.82) is 0 Å². The Morgan fingerprint density at radius 2 is 2.24 bits per heavy atom. The van der Waals surface area contributed by atoms with Gasteiger partial charge in [-0.15, -0.1) is 0 Å². The van der Waals surface area contributed by atoms with Gasteiger partial charge in [-0.1, -0.05) is 24.3 Å². The molecular weight excluding hydrogens is 216 g/mol. The lowest BCUT2D eigenvalue weighted by Gasteiger charge is -2.13. The van der Waals surface area contributed by atoms with E-state index >= 15 is 0 Å². The van der Waals surface area contributed by atoms with E-state index in [0.717, 1.165) is 18.3 Å². The molecule has 0 saturated heterocycles. The molecular formula is C14H16O3. The number of esters is 1. The standard InChI is InChI=1S/C14H16O3/c1-2-17-14(16)8-11-7-10-5-3-4-6-12(10)13(11)9-15/h3-6,9,11,13H,2,7-8H2,1H3. The summed E-state index contributed by atoms with van der Waals surface area (Å²) >= 11 is 0. The molecule has 0 bridgehead atoms. The minimum atomic E-state index is -0.211. The smallest absolute Gasteiger partial charge is 0.306 e. The van der Waals surface area contributed by atoms with E-state index in [1.807, 2.05) is 24.3 Å². The number of benzene rings is 1. The van der Waals surface area contributed by atoms with Crippen molar-refractivity contribution in [3.05, 3.63) is 35.4 Å². The van der Waals surface area contributed by atoms with Crippen molar-refractivity contribution in [1.82, 2.24) is 0 Å². The highest BCUT2D eigenvalue weighted by Crippen LogP contribution is 2.38. The van der Waals surface area contributed by atoms with Crippen LogP contribution >= 0.6 is 0 Å². The molecule has 0 aromatic heterocycles. The topological polar surface area (TPSA) is 43.4 Å². The van der Waals surface area contributed by atoms with Crippen molar-refractivity contribution < 1.29 is 14.3 Å². The molecule has 1 aromatic carbocycles. The van der Waals surface area contributed by atoms with Crippen LogP contribution < -0.4 is 0 Å². The van der Waals surface area contributed by atoms with Gasteiger partial charge in [0.15, 0.2) is 0 Å². The van der Waals surface area contributed by atoms with Crippen molar-refractivity contribution in [3.63, 3.8) is 0 Å². The summed E-state index contributed by atoms with van der Waals surface area (Å²) in [6.07, 6.45) is 2.07. The van der Waals surface area contributed by atoms with Crippen LogP contribution in [0.5, 0.6) is 0 Å². The van der Waals surface area contributed by atoms with Gasteiger partial charge in [0.1, 0.15) is 6.29 Å². The monoisotopic (exact) mass is 232 g/mol. The predicted molar refractivity (Wildman–Crippen MR) is 63.7 cm³/mol. The number of rotatable bonds is 4. The van der Waals surface area contributed by atoms with Crippen molar-refractivity contribution in [2.45, 2.75) is 25.7 Å². The molecule has 0 spiro atoms. The maximum atomic E-state index is 11.5. The van der Waals surface area contributed by atoms with Crippen molar-refractivity contribution in [2.24, 2.45) is 5.92 Å². The van der Waals surface area contributed by atoms with Gasteiger partial charge in [0, 0.05) is 12.3 Å². The van der Waals surface area contributed by atoms with Gasteiger partial charge in [0.05, 0.1) is 6.61 Å². The molecule has 0 amide bonds. The summed E-state index contributed by atoms with van der Waals surface area (Å²) in [6.45, 7) is 2.18. The second-order valence-electron chi connectivity index (χ2n) is 4.33. The SMILES string of the molecule is CCOC(=O)CC1Cc2ccccc2C1C=O. The molecule has 1 aromatic rings. The summed E-state index contributed by atoms with van der Waals surface area (Å²) in [4.78, 5) is 22.6. The zero-order valence-corrected chi connectivity index (χ0v) is 9.89. The number of carbonyl (C=O) groups is 2. The number of ether oxygens (including phenoxy) is 1. The molecule has 3 heteroatoms. The maximum absolute atomic E-state index is 11.5. The first-order chi connectivity index (χ1) is 8.26. The van der Waals surface area contributed by atoms with Gasteiger partial charge in [-0.3, -0.25) is 4.79 Å². The van der Waals surface area contributed by atoms with E-state index in [1.165, 1.54) is 5.56 Å². The molecule has 1 aliphatic carbocycles. The Morgan fingerprint density at radius 3 is 2.94 bits per heavy atom. The Balaban J connectivity index is 2.12. The van der Waals surface area contributed by atoms with Gasteiger partial charge in [-0.05, 0) is 30.4 Å². The summed E-state index contributed by atoms with van der Waals surface area (Å²) in [5.41, 5.74) is 2.25. The molecule has 0 aliphatic heterocycles. The fraction of sp³-hybridized carbons (Fsp3) is 0.429. The summed E-state index contributed by atoms with van der Waals surface area (Å²) in [7, 11) is 0. The predicted octanol–water partition coefficient (Wildman–Crippen LogP) is 2.09. The molecule has 90 valence electrons. The largest absolute Gasteiger partial charge is 0.466 e. The molecule has 17 heavy (non-hydrogen) atoms. The summed E-state index contributed by atoms with van der Waals surface area (Å²) in [5, 5.41) is 0. The Labute approximate surface area is 101 Å². The van der Waals surface area contributed by atoms with Crippen LogP contribution in [0.1, 0.15) is 30.4 Å². The van der Waals surface area contributed by atoms with E-state index in [0.29, 0.717) is 13.0 Å². The quantitative estimate of drug-likeness (QED) is 0.589. The first-order valence-corrected chi connectivity index (χ1v) is 5.95. The zero-order valence-electron chi connectivity index (χ0n) is 9.89. The molecule has 2 rings (SSSR count). The first kappa shape index (κ1) is 11.8. The lowest BCUT2D eigenvalue weighted by Crippen LogP contribution is -2.16. The number of fused-ring (bicyclic) bond motifs is 1. The van der Waals surface area contributed by atoms with Crippen LogP contribution in [0.4, 0.5) is 0 Å². The third-order valence-electron chi connectivity index (χ3n) is 3.28. The number of carbonyl (C=O) groups excluding carboxylic acids is 2. The maximum Gasteiger partial charge on any atom is 0.306 e. The Morgan fingerprint density at radius 1 is 1.47 bits per heavy atom. The van der Waals surface area contributed by atoms with Crippen LogP contribution in [0.25, 0.3) is 0 Å². The summed E-state index contributed by atoms with van der Waals surface area (Å²) in [6, 6.07) is 7.89. The van der Waals surface area contributed by atoms with Crippen LogP contribution in [-0.2, 0) is 20.7 Å². The van der Waals surface area contributed by atoms with E-state index in [-0.39, 0.29) is 17.8 Å². The van der Waals surface area contributed by atoms with Gasteiger partial charge in [0.2, 0.25) is 0 Å². The minimum Gasteiger partial charge on any atom is -0.466 e. The van der Waals surface area contributed by atoms with Gasteiger partial charge in [-0.2, -0.15) is 0 Å². The molecule has 0 radical (unpaired) electrons. The normalized spacial score (nSPS) is 21.9. The van der Waals surface area contributed by atoms with Crippen molar-refractivity contribution >= 4 is 12.3 Å². The van der Waals surface area contributed by atoms with Crippen LogP contribution in [0.3, 0.4) is 0 Å². The highest BCUT2D eigenvalue weighted by atomic mass is 16.5. The lowest BCUT2D eigenvalue weighted by atomic mass is 9.91. The van der Waals surface area contributed by atoms with Gasteiger partial charge in [0.25, 0.3) is 0 Å². The summed E-state index contributed by atoms with van der Waals surface area (Å²) < 4.78 is 4.94. The van der Waals surface area contributed by atoms with Gasteiger partial charge >= 0.3 is 5.97 Å². The Hall–Kier alpha value is -1.64. The summed E-state index contributed by atoms with van der Waals surface area (Å²) in [5.74, 6) is -0.309. The molecule has 0 heterocycles. The van der Waals surface area contributed by atoms with E-state index in [9.17, 15) is 9.59 Å². The average Bonchev–Trinajstić information content (AvgIpc) is 2.66. The molecule has 0 fully saturated rings. The van der Waals surface area contributed by atoms with Crippen LogP contribution in [0.2, 0.25) is 0 Å². The van der Waals surface area contributed by atoms with Crippen molar-refractivity contribution in [2.75, 3.05) is 6.61 Å². The first-order valence-electron chi connectivity index (χ1n) is 5.95. The Kier molecular flexibility index (Phi) is 3.57. The van der Waals surface area contributed by atoms with E-state index in [2.05, 4.69) is 0 Å². The second-order valence-corrected chi connectivity index (χ2v) is 4.33.